The van der Waals surface area contributed by atoms with Gasteiger partial charge in [-0.05, 0) is 109 Å². The second-order valence-corrected chi connectivity index (χ2v) is 16.7. The van der Waals surface area contributed by atoms with Crippen molar-refractivity contribution >= 4 is 23.6 Å². The summed E-state index contributed by atoms with van der Waals surface area (Å²) in [6.07, 6.45) is 10.3. The van der Waals surface area contributed by atoms with E-state index in [9.17, 15) is 19.2 Å². The molecule has 9 unspecified atom stereocenters. The third-order valence-electron chi connectivity index (χ3n) is 14.0. The number of rotatable bonds is 6. The highest BCUT2D eigenvalue weighted by Crippen LogP contribution is 2.71. The van der Waals surface area contributed by atoms with Gasteiger partial charge in [0.25, 0.3) is 0 Å². The van der Waals surface area contributed by atoms with Crippen molar-refractivity contribution in [2.45, 2.75) is 99.0 Å². The third kappa shape index (κ3) is 5.34. The lowest BCUT2D eigenvalue weighted by Crippen LogP contribution is -2.64. The second kappa shape index (κ2) is 11.9. The molecule has 250 valence electrons. The van der Waals surface area contributed by atoms with Gasteiger partial charge in [0.05, 0.1) is 13.0 Å². The lowest BCUT2D eigenvalue weighted by molar-refractivity contribution is -0.180. The number of ketones is 1. The smallest absolute Gasteiger partial charge is 0.325 e. The van der Waals surface area contributed by atoms with Gasteiger partial charge in [0.2, 0.25) is 5.91 Å². The Bertz CT molecular complexity index is 1420. The van der Waals surface area contributed by atoms with E-state index >= 15 is 0 Å². The fraction of sp³-hybridized carbons (Fsp3) is 0.692. The minimum Gasteiger partial charge on any atom is -0.468 e. The normalized spacial score (nSPS) is 39.3. The number of allylic oxidation sites excluding steroid dienone is 2. The molecule has 0 heterocycles. The summed E-state index contributed by atoms with van der Waals surface area (Å²) in [7, 11) is 1.32. The zero-order valence-electron chi connectivity index (χ0n) is 28.7. The van der Waals surface area contributed by atoms with Gasteiger partial charge in [-0.15, -0.1) is 0 Å². The summed E-state index contributed by atoms with van der Waals surface area (Å²) in [5.41, 5.74) is 1.71. The Morgan fingerprint density at radius 3 is 2.28 bits per heavy atom. The molecular formula is C39H53NO6. The molecule has 5 aliphatic rings. The maximum absolute atomic E-state index is 14.5. The lowest BCUT2D eigenvalue weighted by atomic mass is 9.36. The summed E-state index contributed by atoms with van der Waals surface area (Å²) in [5, 5.41) is 2.81. The number of fused-ring (bicyclic) bond motifs is 7. The van der Waals surface area contributed by atoms with Crippen LogP contribution < -0.4 is 5.32 Å². The third-order valence-corrected chi connectivity index (χ3v) is 14.0. The first-order chi connectivity index (χ1) is 21.7. The molecule has 0 bridgehead atoms. The molecule has 0 aliphatic heterocycles. The summed E-state index contributed by atoms with van der Waals surface area (Å²) >= 11 is 0. The Labute approximate surface area is 274 Å². The number of carbonyl (C=O) groups is 4. The zero-order chi connectivity index (χ0) is 33.1. The monoisotopic (exact) mass is 631 g/mol. The Balaban J connectivity index is 1.23. The van der Waals surface area contributed by atoms with Gasteiger partial charge in [0.1, 0.15) is 13.2 Å². The quantitative estimate of drug-likeness (QED) is 0.346. The van der Waals surface area contributed by atoms with Crippen LogP contribution in [0.2, 0.25) is 0 Å². The topological polar surface area (TPSA) is 98.8 Å². The minimum atomic E-state index is -0.451. The number of ether oxygens (including phenoxy) is 2. The summed E-state index contributed by atoms with van der Waals surface area (Å²) in [5.74, 6) is -0.0988. The van der Waals surface area contributed by atoms with Gasteiger partial charge in [-0.2, -0.15) is 0 Å². The zero-order valence-corrected chi connectivity index (χ0v) is 28.7. The molecule has 6 rings (SSSR count). The van der Waals surface area contributed by atoms with Crippen LogP contribution in [0.15, 0.2) is 42.0 Å². The molecule has 4 fully saturated rings. The van der Waals surface area contributed by atoms with E-state index in [2.05, 4.69) is 39.9 Å². The number of methoxy groups -OCH3 is 1. The van der Waals surface area contributed by atoms with E-state index in [0.717, 1.165) is 56.9 Å². The van der Waals surface area contributed by atoms with Crippen LogP contribution >= 0.6 is 0 Å². The van der Waals surface area contributed by atoms with Crippen molar-refractivity contribution in [3.63, 3.8) is 0 Å². The van der Waals surface area contributed by atoms with Crippen LogP contribution in [0.4, 0.5) is 0 Å². The molecular weight excluding hydrogens is 578 g/mol. The Morgan fingerprint density at radius 2 is 1.57 bits per heavy atom. The largest absolute Gasteiger partial charge is 0.468 e. The summed E-state index contributed by atoms with van der Waals surface area (Å²) in [6, 6.07) is 9.85. The highest BCUT2D eigenvalue weighted by Gasteiger charge is 2.67. The number of hydrogen-bond donors (Lipinski definition) is 1. The van der Waals surface area contributed by atoms with Crippen molar-refractivity contribution in [2.24, 2.45) is 57.2 Å². The summed E-state index contributed by atoms with van der Waals surface area (Å²) < 4.78 is 10.5. The standard InChI is InChI=1S/C39H53NO6/c1-36(2)28(34(43)40-22-32(42)45-6)14-18-39(5)31(36)15-19-38(4)27-13-17-37(3)16-12-25(20-29(37)26(27)21-30(41)33(38)39)35(44)46-23-24-10-8-7-9-11-24/h7-11,21,25,27-29,31,33H,12-20,22-23H2,1-6H3,(H,40,43). The van der Waals surface area contributed by atoms with Gasteiger partial charge in [0, 0.05) is 11.8 Å². The van der Waals surface area contributed by atoms with Crippen molar-refractivity contribution in [1.82, 2.24) is 5.32 Å². The number of esters is 2. The Morgan fingerprint density at radius 1 is 0.870 bits per heavy atom. The van der Waals surface area contributed by atoms with Crippen molar-refractivity contribution in [2.75, 3.05) is 13.7 Å². The number of benzene rings is 1. The highest BCUT2D eigenvalue weighted by molar-refractivity contribution is 5.95. The maximum atomic E-state index is 14.5. The Hall–Kier alpha value is -2.96. The second-order valence-electron chi connectivity index (χ2n) is 16.7. The molecule has 0 aromatic heterocycles. The first-order valence-corrected chi connectivity index (χ1v) is 17.5. The fourth-order valence-electron chi connectivity index (χ4n) is 11.6. The molecule has 1 aromatic carbocycles. The van der Waals surface area contributed by atoms with E-state index in [1.807, 2.05) is 36.4 Å². The molecule has 0 spiro atoms. The van der Waals surface area contributed by atoms with Crippen molar-refractivity contribution < 1.29 is 28.7 Å². The van der Waals surface area contributed by atoms with Crippen molar-refractivity contribution in [3.05, 3.63) is 47.5 Å². The molecule has 7 heteroatoms. The molecule has 7 nitrogen and oxygen atoms in total. The van der Waals surface area contributed by atoms with E-state index < -0.39 is 5.97 Å². The molecule has 1 aromatic rings. The predicted octanol–water partition coefficient (Wildman–Crippen LogP) is 6.84. The highest BCUT2D eigenvalue weighted by atomic mass is 16.5. The van der Waals surface area contributed by atoms with Gasteiger partial charge in [-0.25, -0.2) is 0 Å². The van der Waals surface area contributed by atoms with E-state index in [1.54, 1.807) is 0 Å². The summed E-state index contributed by atoms with van der Waals surface area (Å²) in [4.78, 5) is 52.9. The maximum Gasteiger partial charge on any atom is 0.325 e. The molecule has 0 saturated heterocycles. The van der Waals surface area contributed by atoms with Crippen LogP contribution in [-0.4, -0.2) is 37.3 Å². The number of carbonyl (C=O) groups excluding carboxylic acids is 4. The van der Waals surface area contributed by atoms with Gasteiger partial charge >= 0.3 is 11.9 Å². The SMILES string of the molecule is COC(=O)CNC(=O)C1CCC2(C)C(CCC3(C)C4CCC5(C)CCC(C(=O)OCc6ccccc6)CC5C4=CC(=O)C32)C1(C)C. The fourth-order valence-corrected chi connectivity index (χ4v) is 11.6. The van der Waals surface area contributed by atoms with Crippen LogP contribution in [0.3, 0.4) is 0 Å². The van der Waals surface area contributed by atoms with Crippen LogP contribution in [0.5, 0.6) is 0 Å². The molecule has 9 atom stereocenters. The van der Waals surface area contributed by atoms with Gasteiger partial charge in [0.15, 0.2) is 5.78 Å². The van der Waals surface area contributed by atoms with Crippen LogP contribution in [-0.2, 0) is 35.3 Å². The number of hydrogen-bond acceptors (Lipinski definition) is 6. The van der Waals surface area contributed by atoms with Crippen LogP contribution in [0, 0.1) is 57.2 Å². The summed E-state index contributed by atoms with van der Waals surface area (Å²) in [6.45, 7) is 11.7. The van der Waals surface area contributed by atoms with Crippen molar-refractivity contribution in [3.8, 4) is 0 Å². The molecule has 4 saturated carbocycles. The average molecular weight is 632 g/mol. The minimum absolute atomic E-state index is 0.0922. The van der Waals surface area contributed by atoms with Crippen molar-refractivity contribution in [1.29, 1.82) is 0 Å². The van der Waals surface area contributed by atoms with E-state index in [-0.39, 0.29) is 75.5 Å². The molecule has 0 radical (unpaired) electrons. The van der Waals surface area contributed by atoms with Gasteiger partial charge in [-0.3, -0.25) is 19.2 Å². The predicted molar refractivity (Wildman–Crippen MR) is 175 cm³/mol. The van der Waals surface area contributed by atoms with E-state index in [4.69, 9.17) is 9.47 Å². The lowest BCUT2D eigenvalue weighted by Gasteiger charge is -2.67. The first kappa shape index (κ1) is 33.0. The molecule has 46 heavy (non-hydrogen) atoms. The molecule has 1 N–H and O–H groups in total. The van der Waals surface area contributed by atoms with Gasteiger partial charge in [-0.1, -0.05) is 70.5 Å². The number of nitrogens with one attached hydrogen (secondary N) is 1. The van der Waals surface area contributed by atoms with E-state index in [0.29, 0.717) is 18.9 Å². The molecule has 5 aliphatic carbocycles. The van der Waals surface area contributed by atoms with Gasteiger partial charge < -0.3 is 14.8 Å². The first-order valence-electron chi connectivity index (χ1n) is 17.5. The van der Waals surface area contributed by atoms with Crippen LogP contribution in [0.1, 0.15) is 98.0 Å². The van der Waals surface area contributed by atoms with E-state index in [1.165, 1.54) is 12.7 Å². The van der Waals surface area contributed by atoms with Crippen LogP contribution in [0.25, 0.3) is 0 Å². The average Bonchev–Trinajstić information content (AvgIpc) is 3.01. The molecule has 1 amide bonds. The number of amides is 1. The Kier molecular flexibility index (Phi) is 8.55.